The van der Waals surface area contributed by atoms with E-state index in [0.29, 0.717) is 24.6 Å². The number of carbonyl (C=O) groups is 1. The number of carbonyl (C=O) groups excluding carboxylic acids is 1. The number of nitrogens with one attached hydrogen (secondary N) is 2. The fourth-order valence-corrected chi connectivity index (χ4v) is 1.37. The monoisotopic (exact) mass is 250 g/mol. The molecule has 0 atom stereocenters. The van der Waals surface area contributed by atoms with Crippen LogP contribution in [0.1, 0.15) is 25.8 Å². The number of rotatable bonds is 6. The third-order valence-corrected chi connectivity index (χ3v) is 2.52. The molecule has 1 rings (SSSR count). The molecule has 1 aromatic rings. The van der Waals surface area contributed by atoms with Crippen LogP contribution in [0, 0.1) is 12.8 Å². The maximum Gasteiger partial charge on any atom is 0.221 e. The van der Waals surface area contributed by atoms with E-state index in [1.165, 1.54) is 0 Å². The van der Waals surface area contributed by atoms with Crippen LogP contribution in [-0.2, 0) is 4.79 Å². The summed E-state index contributed by atoms with van der Waals surface area (Å²) in [6.45, 7) is 7.36. The molecule has 0 fully saturated rings. The summed E-state index contributed by atoms with van der Waals surface area (Å²) in [5.41, 5.74) is 7.34. The lowest BCUT2D eigenvalue weighted by molar-refractivity contribution is -0.120. The number of amides is 1. The average Bonchev–Trinajstić information content (AvgIpc) is 2.31. The molecule has 0 spiro atoms. The van der Waals surface area contributed by atoms with Gasteiger partial charge in [-0.1, -0.05) is 13.8 Å². The molecular formula is C13H22N4O. The lowest BCUT2D eigenvalue weighted by Gasteiger charge is -2.09. The predicted octanol–water partition coefficient (Wildman–Crippen LogP) is 1.55. The number of anilines is 2. The molecule has 5 nitrogen and oxygen atoms in total. The number of nitrogen functional groups attached to an aromatic ring is 1. The summed E-state index contributed by atoms with van der Waals surface area (Å²) in [6.07, 6.45) is 2.06. The molecule has 0 bridgehead atoms. The van der Waals surface area contributed by atoms with Crippen LogP contribution in [0.3, 0.4) is 0 Å². The molecule has 100 valence electrons. The van der Waals surface area contributed by atoms with Crippen LogP contribution in [0.15, 0.2) is 12.3 Å². The van der Waals surface area contributed by atoms with Crippen LogP contribution >= 0.6 is 0 Å². The van der Waals surface area contributed by atoms with Gasteiger partial charge in [-0.05, 0) is 24.5 Å². The summed E-state index contributed by atoms with van der Waals surface area (Å²) in [4.78, 5) is 15.6. The SMILES string of the molecule is Cc1cc(NCCC(=O)NCC(C)C)ncc1N. The molecule has 0 saturated carbocycles. The fraction of sp³-hybridized carbons (Fsp3) is 0.538. The zero-order valence-electron chi connectivity index (χ0n) is 11.3. The molecule has 0 saturated heterocycles. The molecule has 1 amide bonds. The van der Waals surface area contributed by atoms with Gasteiger partial charge in [0, 0.05) is 19.5 Å². The Bertz CT molecular complexity index is 404. The van der Waals surface area contributed by atoms with Crippen LogP contribution in [0.5, 0.6) is 0 Å². The van der Waals surface area contributed by atoms with Crippen LogP contribution in [-0.4, -0.2) is 24.0 Å². The van der Waals surface area contributed by atoms with Crippen LogP contribution in [0.25, 0.3) is 0 Å². The summed E-state index contributed by atoms with van der Waals surface area (Å²) < 4.78 is 0. The quantitative estimate of drug-likeness (QED) is 0.715. The lowest BCUT2D eigenvalue weighted by Crippen LogP contribution is -2.28. The molecule has 0 radical (unpaired) electrons. The number of nitrogens with two attached hydrogens (primary N) is 1. The van der Waals surface area contributed by atoms with Crippen molar-refractivity contribution in [3.05, 3.63) is 17.8 Å². The second-order valence-electron chi connectivity index (χ2n) is 4.80. The zero-order chi connectivity index (χ0) is 13.5. The summed E-state index contributed by atoms with van der Waals surface area (Å²) in [7, 11) is 0. The number of aryl methyl sites for hydroxylation is 1. The van der Waals surface area contributed by atoms with Crippen molar-refractivity contribution in [3.63, 3.8) is 0 Å². The molecule has 18 heavy (non-hydrogen) atoms. The van der Waals surface area contributed by atoms with Gasteiger partial charge in [-0.2, -0.15) is 0 Å². The second-order valence-corrected chi connectivity index (χ2v) is 4.80. The Morgan fingerprint density at radius 1 is 1.50 bits per heavy atom. The molecule has 0 aliphatic rings. The van der Waals surface area contributed by atoms with Gasteiger partial charge in [0.15, 0.2) is 0 Å². The number of pyridine rings is 1. The minimum Gasteiger partial charge on any atom is -0.397 e. The van der Waals surface area contributed by atoms with Crippen molar-refractivity contribution in [1.82, 2.24) is 10.3 Å². The minimum absolute atomic E-state index is 0.0587. The van der Waals surface area contributed by atoms with Crippen molar-refractivity contribution in [2.24, 2.45) is 5.92 Å². The van der Waals surface area contributed by atoms with Crippen molar-refractivity contribution >= 4 is 17.4 Å². The summed E-state index contributed by atoms with van der Waals surface area (Å²) in [5, 5.41) is 5.97. The standard InChI is InChI=1S/C13H22N4O/c1-9(2)7-17-13(18)4-5-15-12-6-10(3)11(14)8-16-12/h6,8-9H,4-5,7,14H2,1-3H3,(H,15,16)(H,17,18). The minimum atomic E-state index is 0.0587. The van der Waals surface area contributed by atoms with Crippen molar-refractivity contribution in [2.75, 3.05) is 24.1 Å². The van der Waals surface area contributed by atoms with E-state index in [0.717, 1.165) is 17.9 Å². The molecule has 0 aliphatic carbocycles. The maximum absolute atomic E-state index is 11.5. The Balaban J connectivity index is 2.28. The maximum atomic E-state index is 11.5. The highest BCUT2D eigenvalue weighted by molar-refractivity contribution is 5.76. The van der Waals surface area contributed by atoms with E-state index >= 15 is 0 Å². The van der Waals surface area contributed by atoms with Gasteiger partial charge in [-0.25, -0.2) is 4.98 Å². The topological polar surface area (TPSA) is 80.0 Å². The molecular weight excluding hydrogens is 228 g/mol. The molecule has 1 heterocycles. The Morgan fingerprint density at radius 3 is 2.83 bits per heavy atom. The van der Waals surface area contributed by atoms with E-state index < -0.39 is 0 Å². The molecule has 5 heteroatoms. The largest absolute Gasteiger partial charge is 0.397 e. The average molecular weight is 250 g/mol. The first-order chi connectivity index (χ1) is 8.49. The third-order valence-electron chi connectivity index (χ3n) is 2.52. The van der Waals surface area contributed by atoms with Crippen LogP contribution in [0.2, 0.25) is 0 Å². The highest BCUT2D eigenvalue weighted by Crippen LogP contribution is 2.12. The fourth-order valence-electron chi connectivity index (χ4n) is 1.37. The normalized spacial score (nSPS) is 10.4. The second kappa shape index (κ2) is 6.83. The Morgan fingerprint density at radius 2 is 2.22 bits per heavy atom. The van der Waals surface area contributed by atoms with Crippen molar-refractivity contribution in [3.8, 4) is 0 Å². The lowest BCUT2D eigenvalue weighted by atomic mass is 10.2. The molecule has 4 N–H and O–H groups in total. The van der Waals surface area contributed by atoms with Crippen molar-refractivity contribution < 1.29 is 4.79 Å². The van der Waals surface area contributed by atoms with E-state index in [4.69, 9.17) is 5.73 Å². The van der Waals surface area contributed by atoms with Gasteiger partial charge in [0.05, 0.1) is 11.9 Å². The molecule has 0 aliphatic heterocycles. The van der Waals surface area contributed by atoms with Gasteiger partial charge in [-0.15, -0.1) is 0 Å². The van der Waals surface area contributed by atoms with Crippen LogP contribution in [0.4, 0.5) is 11.5 Å². The van der Waals surface area contributed by atoms with E-state index in [2.05, 4.69) is 29.5 Å². The number of hydrogen-bond donors (Lipinski definition) is 3. The predicted molar refractivity (Wildman–Crippen MR) is 74.3 cm³/mol. The Hall–Kier alpha value is -1.78. The van der Waals surface area contributed by atoms with E-state index in [1.54, 1.807) is 6.20 Å². The first kappa shape index (κ1) is 14.3. The third kappa shape index (κ3) is 5.03. The van der Waals surface area contributed by atoms with Gasteiger partial charge < -0.3 is 16.4 Å². The van der Waals surface area contributed by atoms with Crippen LogP contribution < -0.4 is 16.4 Å². The van der Waals surface area contributed by atoms with Gasteiger partial charge in [-0.3, -0.25) is 4.79 Å². The molecule has 1 aromatic heterocycles. The van der Waals surface area contributed by atoms with E-state index in [9.17, 15) is 4.79 Å². The zero-order valence-corrected chi connectivity index (χ0v) is 11.3. The van der Waals surface area contributed by atoms with E-state index in [-0.39, 0.29) is 5.91 Å². The number of nitrogens with zero attached hydrogens (tertiary/aromatic N) is 1. The first-order valence-corrected chi connectivity index (χ1v) is 6.21. The van der Waals surface area contributed by atoms with Gasteiger partial charge >= 0.3 is 0 Å². The number of aromatic nitrogens is 1. The van der Waals surface area contributed by atoms with Gasteiger partial charge in [0.2, 0.25) is 5.91 Å². The first-order valence-electron chi connectivity index (χ1n) is 6.21. The van der Waals surface area contributed by atoms with Crippen molar-refractivity contribution in [1.29, 1.82) is 0 Å². The summed E-state index contributed by atoms with van der Waals surface area (Å²) in [5.74, 6) is 1.28. The highest BCUT2D eigenvalue weighted by atomic mass is 16.1. The summed E-state index contributed by atoms with van der Waals surface area (Å²) >= 11 is 0. The number of hydrogen-bond acceptors (Lipinski definition) is 4. The van der Waals surface area contributed by atoms with Crippen molar-refractivity contribution in [2.45, 2.75) is 27.2 Å². The van der Waals surface area contributed by atoms with Gasteiger partial charge in [0.1, 0.15) is 5.82 Å². The molecule has 0 aromatic carbocycles. The van der Waals surface area contributed by atoms with Gasteiger partial charge in [0.25, 0.3) is 0 Å². The smallest absolute Gasteiger partial charge is 0.221 e. The Kier molecular flexibility index (Phi) is 5.42. The Labute approximate surface area is 108 Å². The van der Waals surface area contributed by atoms with E-state index in [1.807, 2.05) is 13.0 Å². The highest BCUT2D eigenvalue weighted by Gasteiger charge is 2.03. The molecule has 0 unspecified atom stereocenters. The summed E-state index contributed by atoms with van der Waals surface area (Å²) in [6, 6.07) is 1.88.